The van der Waals surface area contributed by atoms with Crippen LogP contribution in [-0.4, -0.2) is 113 Å². The average Bonchev–Trinajstić information content (AvgIpc) is 3.47. The van der Waals surface area contributed by atoms with Crippen molar-refractivity contribution in [3.8, 4) is 0 Å². The van der Waals surface area contributed by atoms with Gasteiger partial charge in [0.1, 0.15) is 23.9 Å². The summed E-state index contributed by atoms with van der Waals surface area (Å²) in [6.07, 6.45) is 2.98. The van der Waals surface area contributed by atoms with E-state index in [9.17, 15) is 24.3 Å². The van der Waals surface area contributed by atoms with Crippen LogP contribution in [0, 0.1) is 23.7 Å². The van der Waals surface area contributed by atoms with Crippen LogP contribution in [0.5, 0.6) is 0 Å². The third-order valence-corrected chi connectivity index (χ3v) is 12.0. The molecule has 13 heteroatoms. The average molecular weight is 766 g/mol. The predicted octanol–water partition coefficient (Wildman–Crippen LogP) is 5.11. The molecule has 3 aliphatic heterocycles. The highest BCUT2D eigenvalue weighted by Crippen LogP contribution is 2.40. The van der Waals surface area contributed by atoms with Crippen LogP contribution in [0.15, 0.2) is 42.7 Å². The number of carbonyl (C=O) groups excluding carboxylic acids is 4. The van der Waals surface area contributed by atoms with Crippen LogP contribution in [0.4, 0.5) is 4.79 Å². The Hall–Kier alpha value is -3.75. The van der Waals surface area contributed by atoms with Crippen molar-refractivity contribution < 1.29 is 48.0 Å². The molecule has 0 aliphatic carbocycles. The number of carbonyl (C=O) groups is 4. The number of amides is 1. The predicted molar refractivity (Wildman–Crippen MR) is 206 cm³/mol. The van der Waals surface area contributed by atoms with Crippen molar-refractivity contribution in [1.29, 1.82) is 0 Å². The van der Waals surface area contributed by atoms with E-state index in [1.165, 1.54) is 6.92 Å². The maximum Gasteiger partial charge on any atom is 0.408 e. The molecule has 55 heavy (non-hydrogen) atoms. The lowest BCUT2D eigenvalue weighted by molar-refractivity contribution is -0.296. The highest BCUT2D eigenvalue weighted by molar-refractivity contribution is 6.00. The first-order chi connectivity index (χ1) is 25.9. The molecule has 0 unspecified atom stereocenters. The van der Waals surface area contributed by atoms with Gasteiger partial charge in [0.2, 0.25) is 0 Å². The number of fused-ring (bicyclic) bond motifs is 2. The highest BCUT2D eigenvalue weighted by atomic mass is 16.7. The van der Waals surface area contributed by atoms with Gasteiger partial charge < -0.3 is 39.0 Å². The van der Waals surface area contributed by atoms with Gasteiger partial charge in [0.15, 0.2) is 17.7 Å². The van der Waals surface area contributed by atoms with Crippen molar-refractivity contribution in [3.63, 3.8) is 0 Å². The standard InChI is InChI=1S/C42H59N3O10/c1-11-32-42(8)36(44-40(50)55-42)25(4)33(46)23(2)21-41(7,51-19-13-16-28-14-12-15-29-22-43-18-17-30(28)29)37(26(5)34(47)27(6)38(49)53-32)54-39-35(48)31(45(9)10)20-24(3)52-39/h12-18,22-27,31-32,35-37,39,48H,11,19-21H2,1-10H3,(H,44,50)/b16-13+/t23-,24-,25+,26+,27-,31+,32-,35-,36-,37-,39+,41-,42-/m1/s1. The molecule has 0 saturated carbocycles. The second-order valence-corrected chi connectivity index (χ2v) is 16.3. The summed E-state index contributed by atoms with van der Waals surface area (Å²) in [5.41, 5.74) is -1.78. The second-order valence-electron chi connectivity index (χ2n) is 16.3. The van der Waals surface area contributed by atoms with Crippen LogP contribution in [0.1, 0.15) is 80.2 Å². The fourth-order valence-corrected chi connectivity index (χ4v) is 8.83. The molecule has 0 spiro atoms. The van der Waals surface area contributed by atoms with Crippen LogP contribution in [0.25, 0.3) is 16.8 Å². The molecule has 3 aliphatic rings. The fraction of sp³-hybridized carbons (Fsp3) is 0.643. The lowest BCUT2D eigenvalue weighted by Crippen LogP contribution is -2.60. The van der Waals surface area contributed by atoms with Gasteiger partial charge in [-0.1, -0.05) is 58.0 Å². The Morgan fingerprint density at radius 3 is 2.45 bits per heavy atom. The normalized spacial score (nSPS) is 38.1. The minimum atomic E-state index is -1.38. The number of hydrogen-bond donors (Lipinski definition) is 2. The third kappa shape index (κ3) is 8.81. The second kappa shape index (κ2) is 17.2. The van der Waals surface area contributed by atoms with Crippen molar-refractivity contribution >= 4 is 40.5 Å². The molecule has 2 aromatic rings. The van der Waals surface area contributed by atoms with Gasteiger partial charge >= 0.3 is 12.1 Å². The zero-order valence-corrected chi connectivity index (χ0v) is 33.8. The zero-order valence-electron chi connectivity index (χ0n) is 33.8. The molecular formula is C42H59N3O10. The number of alkyl carbamates (subject to hydrolysis) is 1. The van der Waals surface area contributed by atoms with Gasteiger partial charge in [-0.2, -0.15) is 0 Å². The lowest BCUT2D eigenvalue weighted by Gasteiger charge is -2.47. The van der Waals surface area contributed by atoms with Gasteiger partial charge in [-0.3, -0.25) is 19.4 Å². The van der Waals surface area contributed by atoms with E-state index in [2.05, 4.69) is 10.3 Å². The van der Waals surface area contributed by atoms with Gasteiger partial charge in [-0.05, 0) is 78.1 Å². The summed E-state index contributed by atoms with van der Waals surface area (Å²) in [7, 11) is 3.74. The number of aromatic nitrogens is 1. The maximum atomic E-state index is 14.4. The molecule has 13 nitrogen and oxygen atoms in total. The van der Waals surface area contributed by atoms with Gasteiger partial charge in [-0.25, -0.2) is 4.79 Å². The molecule has 0 radical (unpaired) electrons. The molecule has 2 N–H and O–H groups in total. The number of nitrogens with one attached hydrogen (secondary N) is 1. The molecular weight excluding hydrogens is 706 g/mol. The van der Waals surface area contributed by atoms with Crippen LogP contribution in [-0.2, 0) is 38.1 Å². The van der Waals surface area contributed by atoms with Crippen molar-refractivity contribution in [2.45, 2.75) is 129 Å². The highest BCUT2D eigenvalue weighted by Gasteiger charge is 2.57. The van der Waals surface area contributed by atoms with Gasteiger partial charge in [0.05, 0.1) is 30.5 Å². The van der Waals surface area contributed by atoms with E-state index in [0.717, 1.165) is 16.3 Å². The van der Waals surface area contributed by atoms with Crippen LogP contribution in [0.2, 0.25) is 0 Å². The maximum absolute atomic E-state index is 14.4. The quantitative estimate of drug-likeness (QED) is 0.270. The van der Waals surface area contributed by atoms with Crippen molar-refractivity contribution in [3.05, 3.63) is 48.3 Å². The van der Waals surface area contributed by atoms with Crippen LogP contribution < -0.4 is 5.32 Å². The molecule has 302 valence electrons. The number of aliphatic hydroxyl groups excluding tert-OH is 1. The Morgan fingerprint density at radius 1 is 1.04 bits per heavy atom. The van der Waals surface area contributed by atoms with Crippen molar-refractivity contribution in [1.82, 2.24) is 15.2 Å². The smallest absolute Gasteiger partial charge is 0.408 e. The summed E-state index contributed by atoms with van der Waals surface area (Å²) in [4.78, 5) is 61.6. The SMILES string of the molecule is CC[C@H]1OC(=O)[C@H](C)C(=O)[C@H](C)[C@@H](O[C@@H]2O[C@H](C)C[C@H](N(C)C)[C@H]2O)[C@](C)(OC/C=C/c2cccc3cnccc23)C[C@@H](C)C(=O)[C@H](C)[C@H]2NC(=O)O[C@@]21C. The van der Waals surface area contributed by atoms with E-state index in [1.54, 1.807) is 53.9 Å². The summed E-state index contributed by atoms with van der Waals surface area (Å²) >= 11 is 0. The first kappa shape index (κ1) is 42.4. The number of hydrogen-bond acceptors (Lipinski definition) is 12. The molecule has 4 heterocycles. The Labute approximate surface area is 324 Å². The zero-order chi connectivity index (χ0) is 40.4. The number of ketones is 2. The summed E-state index contributed by atoms with van der Waals surface area (Å²) in [6.45, 7) is 13.9. The Morgan fingerprint density at radius 2 is 1.76 bits per heavy atom. The minimum absolute atomic E-state index is 0.0698. The van der Waals surface area contributed by atoms with E-state index >= 15 is 0 Å². The van der Waals surface area contributed by atoms with E-state index in [-0.39, 0.29) is 37.4 Å². The van der Waals surface area contributed by atoms with Gasteiger partial charge in [-0.15, -0.1) is 0 Å². The number of nitrogens with zero attached hydrogens (tertiary/aromatic N) is 2. The van der Waals surface area contributed by atoms with Crippen molar-refractivity contribution in [2.24, 2.45) is 23.7 Å². The molecule has 1 amide bonds. The van der Waals surface area contributed by atoms with Crippen LogP contribution in [0.3, 0.4) is 0 Å². The number of ether oxygens (including phenoxy) is 5. The van der Waals surface area contributed by atoms with E-state index < -0.39 is 83.4 Å². The molecule has 0 bridgehead atoms. The summed E-state index contributed by atoms with van der Waals surface area (Å²) in [5.74, 6) is -5.11. The molecule has 3 saturated heterocycles. The third-order valence-electron chi connectivity index (χ3n) is 12.0. The molecule has 1 aromatic carbocycles. The van der Waals surface area contributed by atoms with E-state index in [0.29, 0.717) is 6.42 Å². The molecule has 3 fully saturated rings. The van der Waals surface area contributed by atoms with Crippen molar-refractivity contribution in [2.75, 3.05) is 20.7 Å². The molecule has 1 aromatic heterocycles. The molecule has 13 atom stereocenters. The first-order valence-corrected chi connectivity index (χ1v) is 19.5. The number of rotatable bonds is 8. The Kier molecular flexibility index (Phi) is 13.2. The number of aliphatic hydroxyl groups is 1. The number of benzene rings is 1. The summed E-state index contributed by atoms with van der Waals surface area (Å²) in [5, 5.41) is 16.4. The number of pyridine rings is 1. The first-order valence-electron chi connectivity index (χ1n) is 19.5. The molecule has 5 rings (SSSR count). The number of likely N-dealkylation sites (N-methyl/N-ethyl adjacent to an activating group) is 1. The summed E-state index contributed by atoms with van der Waals surface area (Å²) < 4.78 is 31.4. The number of Topliss-reactive ketones (excluding diaryl/α,β-unsaturated/α-hetero) is 2. The van der Waals surface area contributed by atoms with Gasteiger partial charge in [0.25, 0.3) is 0 Å². The topological polar surface area (TPSA) is 163 Å². The monoisotopic (exact) mass is 765 g/mol. The van der Waals surface area contributed by atoms with E-state index in [1.807, 2.05) is 62.3 Å². The van der Waals surface area contributed by atoms with E-state index in [4.69, 9.17) is 23.7 Å². The van der Waals surface area contributed by atoms with Gasteiger partial charge in [0, 0.05) is 41.6 Å². The lowest BCUT2D eigenvalue weighted by atomic mass is 9.73. The Bertz CT molecular complexity index is 1750. The fourth-order valence-electron chi connectivity index (χ4n) is 8.83. The number of cyclic esters (lactones) is 1. The van der Waals surface area contributed by atoms with Crippen LogP contribution >= 0.6 is 0 Å². The summed E-state index contributed by atoms with van der Waals surface area (Å²) in [6, 6.07) is 6.74. The number of esters is 1. The Balaban J connectivity index is 1.57. The largest absolute Gasteiger partial charge is 0.458 e. The minimum Gasteiger partial charge on any atom is -0.458 e.